The molecule has 3 aromatic rings. The van der Waals surface area contributed by atoms with Gasteiger partial charge in [-0.3, -0.25) is 4.99 Å². The van der Waals surface area contributed by atoms with Gasteiger partial charge in [0.05, 0.1) is 18.4 Å². The molecule has 0 atom stereocenters. The van der Waals surface area contributed by atoms with Crippen molar-refractivity contribution in [2.24, 2.45) is 4.99 Å². The van der Waals surface area contributed by atoms with Crippen LogP contribution in [0.5, 0.6) is 0 Å². The summed E-state index contributed by atoms with van der Waals surface area (Å²) in [5, 5.41) is 6.93. The van der Waals surface area contributed by atoms with E-state index in [0.29, 0.717) is 56.0 Å². The SMILES string of the molecule is CN=C(NCc1ncc(-c2ccccc2)o1)N1CCN(S(=O)(=O)Cc2ccon2)CC1.I. The monoisotopic (exact) mass is 572 g/mol. The van der Waals surface area contributed by atoms with Crippen LogP contribution >= 0.6 is 24.0 Å². The highest BCUT2D eigenvalue weighted by molar-refractivity contribution is 14.0. The summed E-state index contributed by atoms with van der Waals surface area (Å²) in [7, 11) is -1.75. The van der Waals surface area contributed by atoms with Crippen LogP contribution in [-0.2, 0) is 22.3 Å². The Bertz CT molecular complexity index is 1110. The summed E-state index contributed by atoms with van der Waals surface area (Å²) in [6.07, 6.45) is 3.07. The van der Waals surface area contributed by atoms with Gasteiger partial charge in [-0.15, -0.1) is 24.0 Å². The third-order valence-corrected chi connectivity index (χ3v) is 6.79. The van der Waals surface area contributed by atoms with Crippen molar-refractivity contribution in [2.75, 3.05) is 33.2 Å². The minimum Gasteiger partial charge on any atom is -0.439 e. The van der Waals surface area contributed by atoms with Crippen LogP contribution in [0, 0.1) is 0 Å². The van der Waals surface area contributed by atoms with E-state index in [4.69, 9.17) is 8.94 Å². The number of oxazole rings is 1. The van der Waals surface area contributed by atoms with E-state index in [2.05, 4.69) is 20.4 Å². The van der Waals surface area contributed by atoms with Crippen molar-refractivity contribution in [1.82, 2.24) is 24.7 Å². The van der Waals surface area contributed by atoms with Gasteiger partial charge in [0, 0.05) is 44.9 Å². The van der Waals surface area contributed by atoms with E-state index in [9.17, 15) is 8.42 Å². The van der Waals surface area contributed by atoms with Crippen LogP contribution in [0.25, 0.3) is 11.3 Å². The van der Waals surface area contributed by atoms with Crippen LogP contribution < -0.4 is 5.32 Å². The summed E-state index contributed by atoms with van der Waals surface area (Å²) in [5.74, 6) is 1.77. The summed E-state index contributed by atoms with van der Waals surface area (Å²) >= 11 is 0. The van der Waals surface area contributed by atoms with Crippen molar-refractivity contribution in [2.45, 2.75) is 12.3 Å². The number of aromatic nitrogens is 2. The van der Waals surface area contributed by atoms with Crippen LogP contribution in [0.4, 0.5) is 0 Å². The highest BCUT2D eigenvalue weighted by atomic mass is 127. The third-order valence-electron chi connectivity index (χ3n) is 4.97. The van der Waals surface area contributed by atoms with Crippen LogP contribution in [-0.4, -0.2) is 66.9 Å². The smallest absolute Gasteiger partial charge is 0.220 e. The number of nitrogens with zero attached hydrogens (tertiary/aromatic N) is 5. The average molecular weight is 572 g/mol. The summed E-state index contributed by atoms with van der Waals surface area (Å²) in [6, 6.07) is 11.3. The van der Waals surface area contributed by atoms with Crippen molar-refractivity contribution in [3.63, 3.8) is 0 Å². The summed E-state index contributed by atoms with van der Waals surface area (Å²) < 4.78 is 37.2. The molecule has 2 aromatic heterocycles. The molecule has 1 aliphatic rings. The highest BCUT2D eigenvalue weighted by Gasteiger charge is 2.29. The molecule has 172 valence electrons. The number of hydrogen-bond donors (Lipinski definition) is 1. The van der Waals surface area contributed by atoms with Crippen LogP contribution in [0.3, 0.4) is 0 Å². The molecular formula is C20H25IN6O4S. The lowest BCUT2D eigenvalue weighted by Gasteiger charge is -2.35. The first-order valence-electron chi connectivity index (χ1n) is 9.88. The van der Waals surface area contributed by atoms with E-state index in [1.54, 1.807) is 19.3 Å². The number of halogens is 1. The molecule has 10 nitrogen and oxygen atoms in total. The van der Waals surface area contributed by atoms with Gasteiger partial charge in [-0.25, -0.2) is 13.4 Å². The average Bonchev–Trinajstić information content (AvgIpc) is 3.47. The maximum atomic E-state index is 12.6. The molecule has 0 unspecified atom stereocenters. The lowest BCUT2D eigenvalue weighted by molar-refractivity contribution is 0.259. The van der Waals surface area contributed by atoms with Gasteiger partial charge in [-0.2, -0.15) is 4.31 Å². The van der Waals surface area contributed by atoms with Crippen molar-refractivity contribution < 1.29 is 17.4 Å². The molecule has 0 bridgehead atoms. The molecule has 0 spiro atoms. The van der Waals surface area contributed by atoms with Gasteiger partial charge in [0.15, 0.2) is 11.7 Å². The fourth-order valence-electron chi connectivity index (χ4n) is 3.38. The minimum atomic E-state index is -3.44. The van der Waals surface area contributed by atoms with Gasteiger partial charge < -0.3 is 19.2 Å². The highest BCUT2D eigenvalue weighted by Crippen LogP contribution is 2.19. The Kier molecular flexibility index (Phi) is 8.26. The molecule has 3 heterocycles. The largest absolute Gasteiger partial charge is 0.439 e. The Morgan fingerprint density at radius 3 is 2.56 bits per heavy atom. The summed E-state index contributed by atoms with van der Waals surface area (Å²) in [4.78, 5) is 10.6. The van der Waals surface area contributed by atoms with E-state index < -0.39 is 10.0 Å². The van der Waals surface area contributed by atoms with Crippen LogP contribution in [0.1, 0.15) is 11.6 Å². The number of rotatable bonds is 6. The predicted molar refractivity (Wildman–Crippen MR) is 130 cm³/mol. The fourth-order valence-corrected chi connectivity index (χ4v) is 4.81. The number of hydrogen-bond acceptors (Lipinski definition) is 7. The summed E-state index contributed by atoms with van der Waals surface area (Å²) in [5.41, 5.74) is 1.37. The molecule has 1 aromatic carbocycles. The molecule has 4 rings (SSSR count). The van der Waals surface area contributed by atoms with Gasteiger partial charge in [0.25, 0.3) is 0 Å². The normalized spacial score (nSPS) is 15.4. The zero-order valence-electron chi connectivity index (χ0n) is 17.5. The Morgan fingerprint density at radius 1 is 1.16 bits per heavy atom. The van der Waals surface area contributed by atoms with E-state index in [1.807, 2.05) is 35.2 Å². The maximum absolute atomic E-state index is 12.6. The molecule has 32 heavy (non-hydrogen) atoms. The van der Waals surface area contributed by atoms with Gasteiger partial charge in [0.2, 0.25) is 15.9 Å². The van der Waals surface area contributed by atoms with E-state index in [0.717, 1.165) is 5.56 Å². The van der Waals surface area contributed by atoms with Gasteiger partial charge in [-0.1, -0.05) is 35.5 Å². The van der Waals surface area contributed by atoms with Crippen molar-refractivity contribution in [3.8, 4) is 11.3 Å². The molecular weight excluding hydrogens is 547 g/mol. The second kappa shape index (κ2) is 10.9. The molecule has 1 aliphatic heterocycles. The Labute approximate surface area is 203 Å². The second-order valence-corrected chi connectivity index (χ2v) is 8.99. The van der Waals surface area contributed by atoms with Gasteiger partial charge >= 0.3 is 0 Å². The van der Waals surface area contributed by atoms with Crippen molar-refractivity contribution >= 4 is 40.0 Å². The maximum Gasteiger partial charge on any atom is 0.220 e. The lowest BCUT2D eigenvalue weighted by atomic mass is 10.2. The number of sulfonamides is 1. The van der Waals surface area contributed by atoms with Crippen molar-refractivity contribution in [3.05, 3.63) is 60.4 Å². The Morgan fingerprint density at radius 2 is 1.91 bits per heavy atom. The van der Waals surface area contributed by atoms with E-state index in [-0.39, 0.29) is 29.7 Å². The number of piperazine rings is 1. The molecule has 1 fully saturated rings. The molecule has 1 N–H and O–H groups in total. The standard InChI is InChI=1S/C20H24N6O4S.HI/c1-21-20(23-14-19-22-13-18(30-19)16-5-3-2-4-6-16)25-8-10-26(11-9-25)31(27,28)15-17-7-12-29-24-17;/h2-7,12-13H,8-11,14-15H2,1H3,(H,21,23);1H. The minimum absolute atomic E-state index is 0. The van der Waals surface area contributed by atoms with E-state index in [1.165, 1.54) is 10.6 Å². The molecule has 1 saturated heterocycles. The first-order chi connectivity index (χ1) is 15.0. The number of benzene rings is 1. The molecule has 0 amide bonds. The number of nitrogens with one attached hydrogen (secondary N) is 1. The Balaban J connectivity index is 0.00000289. The lowest BCUT2D eigenvalue weighted by Crippen LogP contribution is -2.53. The topological polar surface area (TPSA) is 117 Å². The quantitative estimate of drug-likeness (QED) is 0.272. The molecule has 0 aliphatic carbocycles. The molecule has 0 saturated carbocycles. The number of guanidine groups is 1. The Hall–Kier alpha value is -2.45. The zero-order chi connectivity index (χ0) is 21.7. The van der Waals surface area contributed by atoms with Crippen LogP contribution in [0.15, 0.2) is 62.8 Å². The fraction of sp³-hybridized carbons (Fsp3) is 0.350. The number of aliphatic imine (C=N–C) groups is 1. The first-order valence-corrected chi connectivity index (χ1v) is 11.5. The first kappa shape index (κ1) is 24.2. The molecule has 12 heteroatoms. The summed E-state index contributed by atoms with van der Waals surface area (Å²) in [6.45, 7) is 2.18. The van der Waals surface area contributed by atoms with Crippen molar-refractivity contribution in [1.29, 1.82) is 0 Å². The van der Waals surface area contributed by atoms with Gasteiger partial charge in [-0.05, 0) is 0 Å². The molecule has 0 radical (unpaired) electrons. The predicted octanol–water partition coefficient (Wildman–Crippen LogP) is 2.17. The van der Waals surface area contributed by atoms with E-state index >= 15 is 0 Å². The zero-order valence-corrected chi connectivity index (χ0v) is 20.7. The van der Waals surface area contributed by atoms with Gasteiger partial charge in [0.1, 0.15) is 12.0 Å². The van der Waals surface area contributed by atoms with Crippen LogP contribution in [0.2, 0.25) is 0 Å². The third kappa shape index (κ3) is 5.86. The second-order valence-electron chi connectivity index (χ2n) is 7.02.